The molecule has 3 fully saturated rings. The Labute approximate surface area is 607 Å². The molecule has 536 valence electrons. The second kappa shape index (κ2) is 30.0. The molecule has 0 saturated carbocycles. The van der Waals surface area contributed by atoms with Gasteiger partial charge in [-0.1, -0.05) is 115 Å². The molecule has 4 aromatic carbocycles. The summed E-state index contributed by atoms with van der Waals surface area (Å²) in [6, 6.07) is 27.8. The number of hydrogen-bond acceptors (Lipinski definition) is 20. The van der Waals surface area contributed by atoms with Gasteiger partial charge in [-0.15, -0.1) is 34.0 Å². The maximum atomic E-state index is 14.5. The Balaban J connectivity index is 0.600. The van der Waals surface area contributed by atoms with Crippen molar-refractivity contribution >= 4 is 75.4 Å². The van der Waals surface area contributed by atoms with E-state index in [4.69, 9.17) is 19.0 Å². The Hall–Kier alpha value is -9.64. The molecule has 4 aliphatic heterocycles. The summed E-state index contributed by atoms with van der Waals surface area (Å²) in [5.74, 6) is -3.92. The molecule has 0 aliphatic carbocycles. The van der Waals surface area contributed by atoms with Gasteiger partial charge in [0.25, 0.3) is 5.91 Å². The molecular formula is C76H82N12O12S3. The van der Waals surface area contributed by atoms with Gasteiger partial charge in [0.05, 0.1) is 89.8 Å². The number of amides is 7. The third-order valence-corrected chi connectivity index (χ3v) is 23.3. The van der Waals surface area contributed by atoms with Gasteiger partial charge in [0.1, 0.15) is 23.7 Å². The summed E-state index contributed by atoms with van der Waals surface area (Å²) >= 11 is 4.46. The number of hydrogen-bond donors (Lipinski definition) is 6. The summed E-state index contributed by atoms with van der Waals surface area (Å²) in [4.78, 5) is 121. The molecule has 27 heteroatoms. The summed E-state index contributed by atoms with van der Waals surface area (Å²) in [6.07, 6.45) is -2.01. The van der Waals surface area contributed by atoms with E-state index in [-0.39, 0.29) is 101 Å². The molecule has 0 bridgehead atoms. The molecule has 3 saturated heterocycles. The van der Waals surface area contributed by atoms with Crippen LogP contribution in [-0.2, 0) is 67.8 Å². The third-order valence-electron chi connectivity index (χ3n) is 20.5. The monoisotopic (exact) mass is 1450 g/mol. The number of thiazole rings is 3. The zero-order chi connectivity index (χ0) is 72.7. The Morgan fingerprint density at radius 1 is 0.563 bits per heavy atom. The maximum absolute atomic E-state index is 14.5. The number of β-amino-alcohol motifs (C(OH)–C–C–N with tert-alkyl or cyclic N) is 3. The first-order valence-corrected chi connectivity index (χ1v) is 37.2. The highest BCUT2D eigenvalue weighted by Gasteiger charge is 2.53. The van der Waals surface area contributed by atoms with Crippen LogP contribution in [-0.4, -0.2) is 163 Å². The van der Waals surface area contributed by atoms with Crippen LogP contribution in [0, 0.1) is 26.7 Å². The molecule has 7 amide bonds. The minimum Gasteiger partial charge on any atom is -0.391 e. The molecule has 24 nitrogen and oxygen atoms in total. The first kappa shape index (κ1) is 71.7. The molecule has 0 radical (unpaired) electrons. The van der Waals surface area contributed by atoms with Gasteiger partial charge in [-0.3, -0.25) is 33.6 Å². The number of nitrogens with zero attached hydrogens (tertiary/aromatic N) is 9. The number of aliphatic hydroxyl groups is 3. The van der Waals surface area contributed by atoms with Crippen LogP contribution in [0.25, 0.3) is 31.3 Å². The predicted molar refractivity (Wildman–Crippen MR) is 386 cm³/mol. The van der Waals surface area contributed by atoms with E-state index in [1.165, 1.54) is 37.4 Å². The lowest BCUT2D eigenvalue weighted by Gasteiger charge is -2.39. The minimum atomic E-state index is -1.38. The van der Waals surface area contributed by atoms with Crippen LogP contribution in [0.1, 0.15) is 149 Å². The zero-order valence-electron chi connectivity index (χ0n) is 58.4. The number of likely N-dealkylation sites (tertiary alicyclic amines) is 3. The molecule has 9 atom stereocenters. The van der Waals surface area contributed by atoms with Crippen molar-refractivity contribution in [3.63, 3.8) is 0 Å². The smallest absolute Gasteiger partial charge is 0.255 e. The number of carbonyl (C=O) groups is 7. The van der Waals surface area contributed by atoms with E-state index in [0.29, 0.717) is 46.0 Å². The Morgan fingerprint density at radius 2 is 1.01 bits per heavy atom. The van der Waals surface area contributed by atoms with Crippen LogP contribution >= 0.6 is 34.0 Å². The van der Waals surface area contributed by atoms with Crippen molar-refractivity contribution in [2.45, 2.75) is 167 Å². The third kappa shape index (κ3) is 14.6. The van der Waals surface area contributed by atoms with Crippen LogP contribution in [0.4, 0.5) is 0 Å². The van der Waals surface area contributed by atoms with E-state index in [1.807, 2.05) is 111 Å². The fourth-order valence-corrected chi connectivity index (χ4v) is 17.2. The number of aryl methyl sites for hydroxylation is 3. The second-order valence-corrected chi connectivity index (χ2v) is 30.5. The average Bonchev–Trinajstić information content (AvgIpc) is 1.63. The largest absolute Gasteiger partial charge is 0.391 e. The van der Waals surface area contributed by atoms with Crippen LogP contribution in [0.15, 0.2) is 123 Å². The highest BCUT2D eigenvalue weighted by molar-refractivity contribution is 7.14. The normalized spacial score (nSPS) is 20.4. The molecule has 6 N–H and O–H groups in total. The molecule has 13 rings (SSSR count). The van der Waals surface area contributed by atoms with Crippen LogP contribution in [0.3, 0.4) is 0 Å². The van der Waals surface area contributed by atoms with Gasteiger partial charge in [-0.05, 0) is 92.5 Å². The molecule has 4 aliphatic rings. The van der Waals surface area contributed by atoms with E-state index in [9.17, 15) is 48.9 Å². The number of fused-ring (bicyclic) bond motifs is 1. The molecule has 9 aromatic rings. The van der Waals surface area contributed by atoms with Gasteiger partial charge in [0.15, 0.2) is 11.5 Å². The number of aliphatic hydroxyl groups excluding tert-OH is 3. The van der Waals surface area contributed by atoms with E-state index >= 15 is 0 Å². The molecular weight excluding hydrogens is 1370 g/mol. The minimum absolute atomic E-state index is 0.00537. The second-order valence-electron chi connectivity index (χ2n) is 27.9. The highest BCUT2D eigenvalue weighted by Crippen LogP contribution is 2.39. The van der Waals surface area contributed by atoms with Crippen molar-refractivity contribution in [1.29, 1.82) is 0 Å². The van der Waals surface area contributed by atoms with E-state index in [1.54, 1.807) is 74.0 Å². The predicted octanol–water partition coefficient (Wildman–Crippen LogP) is 8.55. The van der Waals surface area contributed by atoms with E-state index < -0.39 is 71.5 Å². The topological polar surface area (TPSA) is 320 Å². The van der Waals surface area contributed by atoms with Crippen molar-refractivity contribution in [1.82, 2.24) is 60.8 Å². The zero-order valence-corrected chi connectivity index (χ0v) is 60.9. The van der Waals surface area contributed by atoms with Gasteiger partial charge < -0.3 is 59.9 Å². The summed E-state index contributed by atoms with van der Waals surface area (Å²) in [5, 5.41) is 50.2. The molecule has 103 heavy (non-hydrogen) atoms. The SMILES string of the molecule is Cc1ncsc1-c1ccc(CNC(=O)[C@@H]2C[C@@H](O)CN2C(=O)[C@@H](C)c2onc(C)c2Cc2ncsc2-c2ccc(CNC(=O)[C@@H]3C[C@@H](O)CN3C(=O)[C@H](C)c3onc(C)c3Cc3ncsc3-c3ccc(CNC(=O)C4(C)C[C@@H](O)CN4C(=O)[C@H](C(C)C)N4Cc5ccccc5C4=O)cc3)cc2)cc1. The van der Waals surface area contributed by atoms with Crippen LogP contribution < -0.4 is 16.0 Å². The molecule has 0 spiro atoms. The maximum Gasteiger partial charge on any atom is 0.255 e. The lowest BCUT2D eigenvalue weighted by molar-refractivity contribution is -0.148. The van der Waals surface area contributed by atoms with E-state index in [0.717, 1.165) is 70.7 Å². The lowest BCUT2D eigenvalue weighted by Crippen LogP contribution is -2.60. The Morgan fingerprint density at radius 3 is 1.47 bits per heavy atom. The first-order chi connectivity index (χ1) is 49.4. The summed E-state index contributed by atoms with van der Waals surface area (Å²) < 4.78 is 11.8. The summed E-state index contributed by atoms with van der Waals surface area (Å²) in [7, 11) is 0. The number of nitrogens with one attached hydrogen (secondary N) is 3. The molecule has 9 heterocycles. The fraction of sp³-hybridized carbons (Fsp3) is 0.395. The first-order valence-electron chi connectivity index (χ1n) is 34.6. The van der Waals surface area contributed by atoms with Gasteiger partial charge in [0.2, 0.25) is 35.4 Å². The number of aromatic nitrogens is 5. The van der Waals surface area contributed by atoms with Crippen LogP contribution in [0.5, 0.6) is 0 Å². The number of benzene rings is 4. The van der Waals surface area contributed by atoms with Crippen molar-refractivity contribution < 1.29 is 57.9 Å². The van der Waals surface area contributed by atoms with Crippen LogP contribution in [0.2, 0.25) is 0 Å². The van der Waals surface area contributed by atoms with Gasteiger partial charge in [-0.2, -0.15) is 0 Å². The Kier molecular flexibility index (Phi) is 20.9. The summed E-state index contributed by atoms with van der Waals surface area (Å²) in [5.41, 5.74) is 15.5. The lowest BCUT2D eigenvalue weighted by atomic mass is 9.94. The fourth-order valence-electron chi connectivity index (χ4n) is 14.8. The van der Waals surface area contributed by atoms with Crippen molar-refractivity contribution in [2.75, 3.05) is 19.6 Å². The Bertz CT molecular complexity index is 4660. The molecule has 1 unspecified atom stereocenters. The number of carbonyl (C=O) groups excluding carboxylic acids is 7. The highest BCUT2D eigenvalue weighted by atomic mass is 32.1. The summed E-state index contributed by atoms with van der Waals surface area (Å²) in [6.45, 7) is 15.1. The van der Waals surface area contributed by atoms with Crippen molar-refractivity contribution in [2.24, 2.45) is 5.92 Å². The van der Waals surface area contributed by atoms with Crippen molar-refractivity contribution in [3.05, 3.63) is 193 Å². The average molecular weight is 1450 g/mol. The van der Waals surface area contributed by atoms with Crippen molar-refractivity contribution in [3.8, 4) is 31.3 Å². The van der Waals surface area contributed by atoms with Gasteiger partial charge in [-0.25, -0.2) is 15.0 Å². The molecule has 5 aromatic heterocycles. The standard InChI is InChI=1S/C76H82N12O12S3/c1-40(2)63(87-33-52-11-9-10-12-56(52)73(87)96)74(97)88-36-55(91)29-76(88,8)75(98)79-32-48-17-23-51(24-18-48)68-60(82-39-103-68)28-58-44(6)84-100-65(58)42(4)72(95)86-35-54(90)26-62(86)70(93)78-31-47-15-21-50(22-16-47)67-59(81-38-102-67)27-57-43(5)83-99-64(57)41(3)71(94)85-34-53(89)25-61(85)69(92)77-30-46-13-19-49(20-14-46)66-45(7)80-37-101-66/h9-24,37-42,53-55,61-63,89-91H,25-36H2,1-8H3,(H,77,92)(H,78,93)(H,79,98)/t41-,42+,53+,54+,55+,61-,62-,63-,76?/m0/s1. The quantitative estimate of drug-likeness (QED) is 0.0349. The number of rotatable bonds is 23. The van der Waals surface area contributed by atoms with Gasteiger partial charge >= 0.3 is 0 Å². The van der Waals surface area contributed by atoms with E-state index in [2.05, 4.69) is 31.2 Å². The van der Waals surface area contributed by atoms with Gasteiger partial charge in [0, 0.05) is 94.6 Å².